The zero-order valence-electron chi connectivity index (χ0n) is 8.34. The second-order valence-electron chi connectivity index (χ2n) is 3.02. The molecule has 0 aliphatic heterocycles. The lowest BCUT2D eigenvalue weighted by Gasteiger charge is -2.07. The maximum Gasteiger partial charge on any atom is 0.335 e. The van der Waals surface area contributed by atoms with Crippen molar-refractivity contribution >= 4 is 37.6 Å². The van der Waals surface area contributed by atoms with Gasteiger partial charge in [-0.3, -0.25) is 4.72 Å². The number of halogens is 1. The van der Waals surface area contributed by atoms with Crippen molar-refractivity contribution in [1.29, 1.82) is 5.26 Å². The predicted octanol–water partition coefficient (Wildman–Crippen LogP) is 1.41. The summed E-state index contributed by atoms with van der Waals surface area (Å²) in [6.07, 6.45) is 0. The predicted molar refractivity (Wildman–Crippen MR) is 64.1 cm³/mol. The Hall–Kier alpha value is -1.59. The normalized spacial score (nSPS) is 10.6. The highest BCUT2D eigenvalue weighted by molar-refractivity contribution is 9.10. The summed E-state index contributed by atoms with van der Waals surface area (Å²) in [5.74, 6) is -1.78. The Kier molecular flexibility index (Phi) is 4.09. The molecule has 1 rings (SSSR count). The minimum absolute atomic E-state index is 0.0279. The van der Waals surface area contributed by atoms with Gasteiger partial charge in [-0.1, -0.05) is 0 Å². The summed E-state index contributed by atoms with van der Waals surface area (Å²) in [4.78, 5) is 10.6. The lowest BCUT2D eigenvalue weighted by molar-refractivity contribution is 0.0697. The zero-order valence-corrected chi connectivity index (χ0v) is 10.7. The van der Waals surface area contributed by atoms with Crippen molar-refractivity contribution in [2.45, 2.75) is 0 Å². The van der Waals surface area contributed by atoms with E-state index >= 15 is 0 Å². The summed E-state index contributed by atoms with van der Waals surface area (Å²) >= 11 is 3.05. The highest BCUT2D eigenvalue weighted by Gasteiger charge is 2.13. The smallest absolute Gasteiger partial charge is 0.335 e. The summed E-state index contributed by atoms with van der Waals surface area (Å²) in [7, 11) is -3.73. The molecule has 90 valence electrons. The molecule has 0 bridgehead atoms. The number of carbonyl (C=O) groups is 1. The maximum absolute atomic E-state index is 11.3. The van der Waals surface area contributed by atoms with Gasteiger partial charge >= 0.3 is 5.97 Å². The lowest BCUT2D eigenvalue weighted by Crippen LogP contribution is -2.16. The van der Waals surface area contributed by atoms with Crippen LogP contribution in [0.4, 0.5) is 5.69 Å². The maximum atomic E-state index is 11.3. The van der Waals surface area contributed by atoms with Crippen LogP contribution in [0, 0.1) is 11.3 Å². The van der Waals surface area contributed by atoms with Crippen LogP contribution in [0.3, 0.4) is 0 Å². The van der Waals surface area contributed by atoms with Gasteiger partial charge in [-0.2, -0.15) is 5.26 Å². The number of nitriles is 1. The molecular weight excluding hydrogens is 312 g/mol. The van der Waals surface area contributed by atoms with Gasteiger partial charge in [0.15, 0.2) is 5.75 Å². The Balaban J connectivity index is 3.03. The summed E-state index contributed by atoms with van der Waals surface area (Å²) in [6.45, 7) is 0. The fourth-order valence-corrected chi connectivity index (χ4v) is 2.38. The average Bonchev–Trinajstić information content (AvgIpc) is 2.20. The third-order valence-corrected chi connectivity index (χ3v) is 3.43. The van der Waals surface area contributed by atoms with Crippen LogP contribution in [-0.4, -0.2) is 25.2 Å². The van der Waals surface area contributed by atoms with E-state index in [1.165, 1.54) is 24.3 Å². The third-order valence-electron chi connectivity index (χ3n) is 1.74. The molecule has 0 aliphatic carbocycles. The average molecular weight is 319 g/mol. The van der Waals surface area contributed by atoms with E-state index in [-0.39, 0.29) is 11.3 Å². The van der Waals surface area contributed by atoms with E-state index in [0.29, 0.717) is 4.47 Å². The van der Waals surface area contributed by atoms with Gasteiger partial charge in [-0.15, -0.1) is 0 Å². The van der Waals surface area contributed by atoms with E-state index < -0.39 is 21.7 Å². The number of sulfonamides is 1. The molecule has 17 heavy (non-hydrogen) atoms. The summed E-state index contributed by atoms with van der Waals surface area (Å²) in [6, 6.07) is 5.36. The number of hydrogen-bond acceptors (Lipinski definition) is 4. The van der Waals surface area contributed by atoms with Crippen LogP contribution in [0.2, 0.25) is 0 Å². The van der Waals surface area contributed by atoms with Crippen molar-refractivity contribution in [2.75, 3.05) is 10.5 Å². The van der Waals surface area contributed by atoms with Crippen molar-refractivity contribution in [3.05, 3.63) is 28.2 Å². The molecule has 0 spiro atoms. The van der Waals surface area contributed by atoms with Crippen LogP contribution >= 0.6 is 15.9 Å². The first-order valence-corrected chi connectivity index (χ1v) is 6.70. The number of hydrogen-bond donors (Lipinski definition) is 2. The molecular formula is C9H7BrN2O4S. The van der Waals surface area contributed by atoms with Crippen LogP contribution < -0.4 is 4.72 Å². The minimum atomic E-state index is -3.73. The number of anilines is 1. The van der Waals surface area contributed by atoms with Crippen LogP contribution in [0.15, 0.2) is 22.7 Å². The molecule has 6 nitrogen and oxygen atoms in total. The molecule has 0 heterocycles. The first-order valence-electron chi connectivity index (χ1n) is 4.26. The number of rotatable bonds is 4. The van der Waals surface area contributed by atoms with Crippen molar-refractivity contribution in [1.82, 2.24) is 0 Å². The van der Waals surface area contributed by atoms with Gasteiger partial charge < -0.3 is 5.11 Å². The Morgan fingerprint density at radius 1 is 1.53 bits per heavy atom. The van der Waals surface area contributed by atoms with Gasteiger partial charge in [0.05, 0.1) is 17.3 Å². The van der Waals surface area contributed by atoms with Crippen molar-refractivity contribution in [2.24, 2.45) is 0 Å². The molecule has 2 N–H and O–H groups in total. The minimum Gasteiger partial charge on any atom is -0.478 e. The SMILES string of the molecule is N#CCS(=O)(=O)Nc1ccc(C(=O)O)cc1Br. The van der Waals surface area contributed by atoms with Crippen molar-refractivity contribution < 1.29 is 18.3 Å². The van der Waals surface area contributed by atoms with E-state index in [1.807, 2.05) is 0 Å². The number of carboxylic acid groups (broad SMARTS) is 1. The highest BCUT2D eigenvalue weighted by Crippen LogP contribution is 2.24. The van der Waals surface area contributed by atoms with Gasteiger partial charge in [0, 0.05) is 4.47 Å². The van der Waals surface area contributed by atoms with Gasteiger partial charge in [-0.05, 0) is 34.1 Å². The molecule has 0 aromatic heterocycles. The molecule has 1 aromatic rings. The number of benzene rings is 1. The molecule has 1 aromatic carbocycles. The van der Waals surface area contributed by atoms with Crippen molar-refractivity contribution in [3.63, 3.8) is 0 Å². The van der Waals surface area contributed by atoms with E-state index in [4.69, 9.17) is 10.4 Å². The van der Waals surface area contributed by atoms with E-state index in [9.17, 15) is 13.2 Å². The monoisotopic (exact) mass is 318 g/mol. The van der Waals surface area contributed by atoms with E-state index in [1.54, 1.807) is 0 Å². The lowest BCUT2D eigenvalue weighted by atomic mass is 10.2. The summed E-state index contributed by atoms with van der Waals surface area (Å²) in [5, 5.41) is 17.0. The van der Waals surface area contributed by atoms with E-state index in [0.717, 1.165) is 0 Å². The van der Waals surface area contributed by atoms with Gasteiger partial charge in [0.1, 0.15) is 0 Å². The quantitative estimate of drug-likeness (QED) is 0.872. The number of nitrogens with one attached hydrogen (secondary N) is 1. The number of carboxylic acids is 1. The second kappa shape index (κ2) is 5.16. The Morgan fingerprint density at radius 2 is 2.18 bits per heavy atom. The fourth-order valence-electron chi connectivity index (χ4n) is 1.02. The van der Waals surface area contributed by atoms with Gasteiger partial charge in [-0.25, -0.2) is 13.2 Å². The molecule has 0 radical (unpaired) electrons. The van der Waals surface area contributed by atoms with Crippen LogP contribution in [0.25, 0.3) is 0 Å². The topological polar surface area (TPSA) is 107 Å². The summed E-state index contributed by atoms with van der Waals surface area (Å²) < 4.78 is 25.1. The molecule has 0 atom stereocenters. The number of nitrogens with zero attached hydrogens (tertiary/aromatic N) is 1. The van der Waals surface area contributed by atoms with Crippen LogP contribution in [-0.2, 0) is 10.0 Å². The molecule has 0 unspecified atom stereocenters. The summed E-state index contributed by atoms with van der Waals surface area (Å²) in [5.41, 5.74) is 0.213. The standard InChI is InChI=1S/C9H7BrN2O4S/c10-7-5-6(9(13)14)1-2-8(7)12-17(15,16)4-3-11/h1-2,5,12H,4H2,(H,13,14). The zero-order chi connectivity index (χ0) is 13.1. The van der Waals surface area contributed by atoms with Gasteiger partial charge in [0.25, 0.3) is 0 Å². The van der Waals surface area contributed by atoms with Crippen molar-refractivity contribution in [3.8, 4) is 6.07 Å². The molecule has 0 saturated heterocycles. The van der Waals surface area contributed by atoms with Crippen LogP contribution in [0.1, 0.15) is 10.4 Å². The Labute approximate surface area is 106 Å². The molecule has 0 amide bonds. The van der Waals surface area contributed by atoms with E-state index in [2.05, 4.69) is 20.7 Å². The molecule has 8 heteroatoms. The largest absolute Gasteiger partial charge is 0.478 e. The Morgan fingerprint density at radius 3 is 2.65 bits per heavy atom. The first-order chi connectivity index (χ1) is 7.85. The molecule has 0 aliphatic rings. The van der Waals surface area contributed by atoms with Gasteiger partial charge in [0.2, 0.25) is 10.0 Å². The Bertz CT molecular complexity index is 592. The first kappa shape index (κ1) is 13.5. The third kappa shape index (κ3) is 3.72. The molecule has 0 fully saturated rings. The fraction of sp³-hybridized carbons (Fsp3) is 0.111. The second-order valence-corrected chi connectivity index (χ2v) is 5.60. The van der Waals surface area contributed by atoms with Crippen LogP contribution in [0.5, 0.6) is 0 Å². The number of aromatic carboxylic acids is 1. The highest BCUT2D eigenvalue weighted by atomic mass is 79.9. The molecule has 0 saturated carbocycles.